The van der Waals surface area contributed by atoms with Gasteiger partial charge in [-0.2, -0.15) is 0 Å². The molecule has 0 saturated carbocycles. The van der Waals surface area contributed by atoms with Gasteiger partial charge in [0.15, 0.2) is 0 Å². The number of rotatable bonds is 9. The number of hydrogen-bond donors (Lipinski definition) is 1. The second-order valence-corrected chi connectivity index (χ2v) is 9.52. The Hall–Kier alpha value is -3.56. The van der Waals surface area contributed by atoms with E-state index in [0.717, 1.165) is 22.0 Å². The Labute approximate surface area is 205 Å². The molecule has 0 radical (unpaired) electrons. The summed E-state index contributed by atoms with van der Waals surface area (Å²) in [6, 6.07) is 14.4. The molecule has 0 aliphatic rings. The fourth-order valence-electron chi connectivity index (χ4n) is 3.08. The number of para-hydroxylation sites is 1. The summed E-state index contributed by atoms with van der Waals surface area (Å²) in [5, 5.41) is 8.30. The zero-order valence-corrected chi connectivity index (χ0v) is 20.4. The van der Waals surface area contributed by atoms with Gasteiger partial charge in [-0.1, -0.05) is 18.2 Å². The molecule has 1 N–H and O–H groups in total. The van der Waals surface area contributed by atoms with Crippen molar-refractivity contribution in [3.63, 3.8) is 0 Å². The number of anilines is 1. The van der Waals surface area contributed by atoms with Crippen LogP contribution in [0.15, 0.2) is 59.3 Å². The first kappa shape index (κ1) is 23.6. The lowest BCUT2D eigenvalue weighted by Gasteiger charge is -2.07. The van der Waals surface area contributed by atoms with E-state index < -0.39 is 5.97 Å². The van der Waals surface area contributed by atoms with Crippen LogP contribution < -0.4 is 10.1 Å². The second-order valence-electron chi connectivity index (χ2n) is 7.52. The molecule has 0 fully saturated rings. The maximum absolute atomic E-state index is 12.4. The van der Waals surface area contributed by atoms with E-state index in [1.54, 1.807) is 41.0 Å². The van der Waals surface area contributed by atoms with Gasteiger partial charge in [0, 0.05) is 16.4 Å². The van der Waals surface area contributed by atoms with E-state index in [-0.39, 0.29) is 18.9 Å². The smallest absolute Gasteiger partial charge is 0.338 e. The number of aromatic nitrogens is 2. The molecule has 0 aliphatic heterocycles. The van der Waals surface area contributed by atoms with Gasteiger partial charge in [0.2, 0.25) is 5.91 Å². The predicted molar refractivity (Wildman–Crippen MR) is 132 cm³/mol. The highest BCUT2D eigenvalue weighted by Gasteiger charge is 2.12. The van der Waals surface area contributed by atoms with Crippen molar-refractivity contribution in [3.8, 4) is 5.75 Å². The Balaban J connectivity index is 1.24. The van der Waals surface area contributed by atoms with E-state index in [1.165, 1.54) is 11.3 Å². The van der Waals surface area contributed by atoms with Crippen LogP contribution in [0.3, 0.4) is 0 Å². The molecule has 7 nitrogen and oxygen atoms in total. The Morgan fingerprint density at radius 1 is 0.912 bits per heavy atom. The summed E-state index contributed by atoms with van der Waals surface area (Å²) in [5.74, 6) is 0.0586. The van der Waals surface area contributed by atoms with Crippen LogP contribution in [0.1, 0.15) is 37.3 Å². The fraction of sp³-hybridized carbons (Fsp3) is 0.200. The molecule has 0 saturated heterocycles. The van der Waals surface area contributed by atoms with Gasteiger partial charge >= 0.3 is 5.97 Å². The largest absolute Gasteiger partial charge is 0.487 e. The molecule has 0 bridgehead atoms. The number of esters is 1. The summed E-state index contributed by atoms with van der Waals surface area (Å²) < 4.78 is 11.1. The molecule has 2 aromatic heterocycles. The fourth-order valence-corrected chi connectivity index (χ4v) is 4.46. The molecular formula is C25H23N3O4S2. The van der Waals surface area contributed by atoms with Crippen molar-refractivity contribution in [3.05, 3.63) is 91.8 Å². The Kier molecular flexibility index (Phi) is 7.66. The van der Waals surface area contributed by atoms with Gasteiger partial charge in [0.1, 0.15) is 24.0 Å². The van der Waals surface area contributed by atoms with E-state index in [9.17, 15) is 9.59 Å². The number of carbonyl (C=O) groups is 2. The predicted octanol–water partition coefficient (Wildman–Crippen LogP) is 5.33. The summed E-state index contributed by atoms with van der Waals surface area (Å²) in [7, 11) is 0. The second kappa shape index (κ2) is 11.0. The number of nitrogens with one attached hydrogen (secondary N) is 1. The van der Waals surface area contributed by atoms with Crippen LogP contribution in [0.5, 0.6) is 5.75 Å². The van der Waals surface area contributed by atoms with Crippen LogP contribution in [-0.2, 0) is 29.2 Å². The Morgan fingerprint density at radius 3 is 2.38 bits per heavy atom. The van der Waals surface area contributed by atoms with Crippen molar-refractivity contribution >= 4 is 40.2 Å². The van der Waals surface area contributed by atoms with Crippen molar-refractivity contribution in [2.24, 2.45) is 0 Å². The first-order valence-electron chi connectivity index (χ1n) is 10.6. The summed E-state index contributed by atoms with van der Waals surface area (Å²) in [4.78, 5) is 33.4. The molecule has 4 rings (SSSR count). The lowest BCUT2D eigenvalue weighted by molar-refractivity contribution is -0.115. The Morgan fingerprint density at radius 2 is 1.65 bits per heavy atom. The first-order valence-corrected chi connectivity index (χ1v) is 12.3. The molecule has 0 aliphatic carbocycles. The minimum Gasteiger partial charge on any atom is -0.487 e. The molecule has 0 unspecified atom stereocenters. The number of aryl methyl sites for hydroxylation is 2. The van der Waals surface area contributed by atoms with E-state index in [1.807, 2.05) is 43.5 Å². The third-order valence-corrected chi connectivity index (χ3v) is 6.54. The highest BCUT2D eigenvalue weighted by Crippen LogP contribution is 2.18. The molecular weight excluding hydrogens is 470 g/mol. The lowest BCUT2D eigenvalue weighted by atomic mass is 10.2. The summed E-state index contributed by atoms with van der Waals surface area (Å²) in [6.07, 6.45) is 0.162. The molecule has 2 aromatic carbocycles. The van der Waals surface area contributed by atoms with Gasteiger partial charge in [0.25, 0.3) is 0 Å². The lowest BCUT2D eigenvalue weighted by Crippen LogP contribution is -2.15. The van der Waals surface area contributed by atoms with Crippen LogP contribution in [0.25, 0.3) is 0 Å². The minimum absolute atomic E-state index is 0.0379. The van der Waals surface area contributed by atoms with E-state index in [4.69, 9.17) is 9.47 Å². The number of nitrogens with zero attached hydrogens (tertiary/aromatic N) is 2. The summed E-state index contributed by atoms with van der Waals surface area (Å²) in [5.41, 5.74) is 3.69. The van der Waals surface area contributed by atoms with Crippen molar-refractivity contribution in [1.82, 2.24) is 9.97 Å². The number of carbonyl (C=O) groups excluding carboxylic acids is 2. The van der Waals surface area contributed by atoms with Crippen LogP contribution in [0, 0.1) is 13.8 Å². The first-order chi connectivity index (χ1) is 16.5. The zero-order chi connectivity index (χ0) is 23.9. The molecule has 2 heterocycles. The molecule has 174 valence electrons. The highest BCUT2D eigenvalue weighted by atomic mass is 32.1. The van der Waals surface area contributed by atoms with Gasteiger partial charge in [-0.3, -0.25) is 4.79 Å². The van der Waals surface area contributed by atoms with Crippen LogP contribution in [0.2, 0.25) is 0 Å². The molecule has 9 heteroatoms. The Bertz CT molecular complexity index is 1280. The third kappa shape index (κ3) is 6.49. The van der Waals surface area contributed by atoms with Crippen molar-refractivity contribution in [2.75, 3.05) is 5.32 Å². The number of ether oxygens (including phenoxy) is 2. The number of hydrogen-bond acceptors (Lipinski definition) is 8. The van der Waals surface area contributed by atoms with E-state index >= 15 is 0 Å². The van der Waals surface area contributed by atoms with E-state index in [0.29, 0.717) is 28.6 Å². The summed E-state index contributed by atoms with van der Waals surface area (Å²) >= 11 is 2.94. The van der Waals surface area contributed by atoms with Gasteiger partial charge in [0.05, 0.1) is 28.4 Å². The maximum Gasteiger partial charge on any atom is 0.338 e. The van der Waals surface area contributed by atoms with Gasteiger partial charge in [-0.15, -0.1) is 22.7 Å². The van der Waals surface area contributed by atoms with Crippen molar-refractivity contribution < 1.29 is 19.1 Å². The molecule has 4 aromatic rings. The number of thiazole rings is 2. The normalized spacial score (nSPS) is 10.6. The van der Waals surface area contributed by atoms with Crippen LogP contribution in [0.4, 0.5) is 5.69 Å². The van der Waals surface area contributed by atoms with Crippen LogP contribution in [-0.4, -0.2) is 21.8 Å². The molecule has 0 spiro atoms. The SMILES string of the molecule is Cc1nc(COc2ccc(C(=O)OCc3csc(CC(=O)Nc4ccccc4C)n3)cc2)cs1. The van der Waals surface area contributed by atoms with Gasteiger partial charge in [-0.05, 0) is 49.7 Å². The average molecular weight is 494 g/mol. The monoisotopic (exact) mass is 493 g/mol. The minimum atomic E-state index is -0.450. The quantitative estimate of drug-likeness (QED) is 0.317. The molecule has 34 heavy (non-hydrogen) atoms. The maximum atomic E-state index is 12.4. The summed E-state index contributed by atoms with van der Waals surface area (Å²) in [6.45, 7) is 4.30. The zero-order valence-electron chi connectivity index (χ0n) is 18.7. The van der Waals surface area contributed by atoms with Crippen LogP contribution >= 0.6 is 22.7 Å². The van der Waals surface area contributed by atoms with Crippen molar-refractivity contribution in [1.29, 1.82) is 0 Å². The number of benzene rings is 2. The standard InChI is InChI=1S/C25H23N3O4S2/c1-16-5-3-4-6-22(16)28-23(29)11-24-27-20(15-34-24)13-32-25(30)18-7-9-21(10-8-18)31-12-19-14-33-17(2)26-19/h3-10,14-15H,11-13H2,1-2H3,(H,28,29). The van der Waals surface area contributed by atoms with Gasteiger partial charge in [-0.25, -0.2) is 14.8 Å². The topological polar surface area (TPSA) is 90.4 Å². The third-order valence-electron chi connectivity index (χ3n) is 4.82. The number of amides is 1. The van der Waals surface area contributed by atoms with Crippen molar-refractivity contribution in [2.45, 2.75) is 33.5 Å². The molecule has 0 atom stereocenters. The average Bonchev–Trinajstić information content (AvgIpc) is 3.46. The highest BCUT2D eigenvalue weighted by molar-refractivity contribution is 7.10. The van der Waals surface area contributed by atoms with E-state index in [2.05, 4.69) is 15.3 Å². The molecule has 1 amide bonds. The van der Waals surface area contributed by atoms with Gasteiger partial charge < -0.3 is 14.8 Å².